The predicted molar refractivity (Wildman–Crippen MR) is 93.6 cm³/mol. The summed E-state index contributed by atoms with van der Waals surface area (Å²) in [5.74, 6) is 0.895. The van der Waals surface area contributed by atoms with E-state index < -0.39 is 0 Å². The Balaban J connectivity index is 1.87. The number of benzene rings is 2. The molecule has 1 N–H and O–H groups in total. The summed E-state index contributed by atoms with van der Waals surface area (Å²) in [5, 5.41) is 4.19. The summed E-state index contributed by atoms with van der Waals surface area (Å²) >= 11 is 9.63. The van der Waals surface area contributed by atoms with Crippen LogP contribution in [0.15, 0.2) is 46.9 Å². The standard InChI is InChI=1S/C17H19BrClNO/c1-12(20-17-10-7-14(18)11-16(17)19)3-4-13-5-8-15(21-2)9-6-13/h5-12,20H,3-4H2,1-2H3. The van der Waals surface area contributed by atoms with E-state index in [-0.39, 0.29) is 0 Å². The van der Waals surface area contributed by atoms with Gasteiger partial charge in [-0.15, -0.1) is 0 Å². The van der Waals surface area contributed by atoms with Gasteiger partial charge < -0.3 is 10.1 Å². The van der Waals surface area contributed by atoms with Gasteiger partial charge in [0, 0.05) is 10.5 Å². The van der Waals surface area contributed by atoms with E-state index in [1.54, 1.807) is 7.11 Å². The SMILES string of the molecule is COc1ccc(CCC(C)Nc2ccc(Br)cc2Cl)cc1. The van der Waals surface area contributed by atoms with E-state index in [9.17, 15) is 0 Å². The van der Waals surface area contributed by atoms with E-state index in [0.29, 0.717) is 6.04 Å². The summed E-state index contributed by atoms with van der Waals surface area (Å²) in [7, 11) is 1.68. The van der Waals surface area contributed by atoms with Crippen LogP contribution < -0.4 is 10.1 Å². The van der Waals surface area contributed by atoms with Crippen molar-refractivity contribution in [1.82, 2.24) is 0 Å². The van der Waals surface area contributed by atoms with Gasteiger partial charge in [0.15, 0.2) is 0 Å². The second kappa shape index (κ2) is 7.71. The first-order valence-electron chi connectivity index (χ1n) is 6.93. The number of hydrogen-bond donors (Lipinski definition) is 1. The number of anilines is 1. The first kappa shape index (κ1) is 16.2. The van der Waals surface area contributed by atoms with E-state index in [0.717, 1.165) is 33.8 Å². The van der Waals surface area contributed by atoms with Gasteiger partial charge in [0.1, 0.15) is 5.75 Å². The molecule has 0 radical (unpaired) electrons. The topological polar surface area (TPSA) is 21.3 Å². The van der Waals surface area contributed by atoms with Gasteiger partial charge in [-0.3, -0.25) is 0 Å². The predicted octanol–water partition coefficient (Wildman–Crippen LogP) is 5.54. The molecule has 0 spiro atoms. The fourth-order valence-corrected chi connectivity index (χ4v) is 2.85. The Hall–Kier alpha value is -1.19. The highest BCUT2D eigenvalue weighted by molar-refractivity contribution is 9.10. The molecule has 2 aromatic rings. The third-order valence-electron chi connectivity index (χ3n) is 3.36. The van der Waals surface area contributed by atoms with Crippen LogP contribution in [0.2, 0.25) is 5.02 Å². The Kier molecular flexibility index (Phi) is 5.95. The number of rotatable bonds is 6. The minimum Gasteiger partial charge on any atom is -0.497 e. The molecule has 4 heteroatoms. The second-order valence-corrected chi connectivity index (χ2v) is 6.38. The van der Waals surface area contributed by atoms with Crippen LogP contribution in [-0.2, 0) is 6.42 Å². The van der Waals surface area contributed by atoms with Gasteiger partial charge in [-0.2, -0.15) is 0 Å². The van der Waals surface area contributed by atoms with Gasteiger partial charge >= 0.3 is 0 Å². The van der Waals surface area contributed by atoms with Gasteiger partial charge in [0.2, 0.25) is 0 Å². The first-order valence-corrected chi connectivity index (χ1v) is 8.10. The van der Waals surface area contributed by atoms with Gasteiger partial charge in [-0.25, -0.2) is 0 Å². The number of aryl methyl sites for hydroxylation is 1. The Morgan fingerprint density at radius 1 is 1.19 bits per heavy atom. The van der Waals surface area contributed by atoms with E-state index in [1.807, 2.05) is 30.3 Å². The molecule has 2 rings (SSSR count). The summed E-state index contributed by atoms with van der Waals surface area (Å²) < 4.78 is 6.16. The van der Waals surface area contributed by atoms with Crippen molar-refractivity contribution in [3.63, 3.8) is 0 Å². The zero-order valence-electron chi connectivity index (χ0n) is 12.2. The number of halogens is 2. The molecular weight excluding hydrogens is 350 g/mol. The van der Waals surface area contributed by atoms with Crippen molar-refractivity contribution < 1.29 is 4.74 Å². The molecule has 2 nitrogen and oxygen atoms in total. The maximum Gasteiger partial charge on any atom is 0.118 e. The number of hydrogen-bond acceptors (Lipinski definition) is 2. The third-order valence-corrected chi connectivity index (χ3v) is 4.16. The molecule has 0 saturated carbocycles. The van der Waals surface area contributed by atoms with Crippen molar-refractivity contribution in [1.29, 1.82) is 0 Å². The van der Waals surface area contributed by atoms with Gasteiger partial charge in [-0.1, -0.05) is 39.7 Å². The van der Waals surface area contributed by atoms with E-state index >= 15 is 0 Å². The van der Waals surface area contributed by atoms with Gasteiger partial charge in [0.25, 0.3) is 0 Å². The van der Waals surface area contributed by atoms with Crippen LogP contribution in [-0.4, -0.2) is 13.2 Å². The second-order valence-electron chi connectivity index (χ2n) is 5.06. The largest absolute Gasteiger partial charge is 0.497 e. The maximum absolute atomic E-state index is 6.22. The Morgan fingerprint density at radius 2 is 1.90 bits per heavy atom. The average molecular weight is 369 g/mol. The molecule has 0 bridgehead atoms. The average Bonchev–Trinajstić information content (AvgIpc) is 2.48. The smallest absolute Gasteiger partial charge is 0.118 e. The van der Waals surface area contributed by atoms with Crippen LogP contribution in [0.3, 0.4) is 0 Å². The maximum atomic E-state index is 6.22. The molecule has 1 unspecified atom stereocenters. The Morgan fingerprint density at radius 3 is 2.52 bits per heavy atom. The van der Waals surface area contributed by atoms with E-state index in [2.05, 4.69) is 40.3 Å². The fourth-order valence-electron chi connectivity index (χ4n) is 2.12. The normalized spacial score (nSPS) is 12.0. The lowest BCUT2D eigenvalue weighted by molar-refractivity contribution is 0.414. The molecular formula is C17H19BrClNO. The molecule has 112 valence electrons. The molecule has 0 fully saturated rings. The lowest BCUT2D eigenvalue weighted by atomic mass is 10.1. The van der Waals surface area contributed by atoms with Crippen molar-refractivity contribution in [2.75, 3.05) is 12.4 Å². The lowest BCUT2D eigenvalue weighted by Gasteiger charge is -2.16. The molecule has 0 aliphatic rings. The Bertz CT molecular complexity index is 586. The van der Waals surface area contributed by atoms with Gasteiger partial charge in [0.05, 0.1) is 17.8 Å². The number of methoxy groups -OCH3 is 1. The summed E-state index contributed by atoms with van der Waals surface area (Å²) in [5.41, 5.74) is 2.29. The first-order chi connectivity index (χ1) is 10.1. The van der Waals surface area contributed by atoms with E-state index in [1.165, 1.54) is 5.56 Å². The molecule has 1 atom stereocenters. The quantitative estimate of drug-likeness (QED) is 0.722. The van der Waals surface area contributed by atoms with Crippen LogP contribution in [0.25, 0.3) is 0 Å². The fraction of sp³-hybridized carbons (Fsp3) is 0.294. The van der Waals surface area contributed by atoms with E-state index in [4.69, 9.17) is 16.3 Å². The van der Waals surface area contributed by atoms with Crippen LogP contribution in [0, 0.1) is 0 Å². The molecule has 0 saturated heterocycles. The van der Waals surface area contributed by atoms with Gasteiger partial charge in [-0.05, 0) is 55.7 Å². The summed E-state index contributed by atoms with van der Waals surface area (Å²) in [6, 6.07) is 14.5. The molecule has 0 amide bonds. The third kappa shape index (κ3) is 4.94. The van der Waals surface area contributed by atoms with Crippen LogP contribution in [0.5, 0.6) is 5.75 Å². The zero-order chi connectivity index (χ0) is 15.2. The monoisotopic (exact) mass is 367 g/mol. The summed E-state index contributed by atoms with van der Waals surface area (Å²) in [6.07, 6.45) is 2.06. The number of ether oxygens (including phenoxy) is 1. The van der Waals surface area contributed by atoms with Crippen LogP contribution in [0.1, 0.15) is 18.9 Å². The molecule has 0 heterocycles. The van der Waals surface area contributed by atoms with Crippen molar-refractivity contribution >= 4 is 33.2 Å². The molecule has 0 aliphatic carbocycles. The lowest BCUT2D eigenvalue weighted by Crippen LogP contribution is -2.16. The summed E-state index contributed by atoms with van der Waals surface area (Å²) in [4.78, 5) is 0. The molecule has 0 aliphatic heterocycles. The molecule has 21 heavy (non-hydrogen) atoms. The molecule has 0 aromatic heterocycles. The Labute approximate surface area is 139 Å². The van der Waals surface area contributed by atoms with Crippen molar-refractivity contribution in [3.05, 3.63) is 57.5 Å². The van der Waals surface area contributed by atoms with Crippen LogP contribution >= 0.6 is 27.5 Å². The van der Waals surface area contributed by atoms with Crippen molar-refractivity contribution in [2.45, 2.75) is 25.8 Å². The zero-order valence-corrected chi connectivity index (χ0v) is 14.5. The number of nitrogens with one attached hydrogen (secondary N) is 1. The minimum absolute atomic E-state index is 0.353. The highest BCUT2D eigenvalue weighted by Gasteiger charge is 2.06. The highest BCUT2D eigenvalue weighted by atomic mass is 79.9. The van der Waals surface area contributed by atoms with Crippen molar-refractivity contribution in [2.24, 2.45) is 0 Å². The molecule has 2 aromatic carbocycles. The summed E-state index contributed by atoms with van der Waals surface area (Å²) in [6.45, 7) is 2.17. The highest BCUT2D eigenvalue weighted by Crippen LogP contribution is 2.26. The minimum atomic E-state index is 0.353. The van der Waals surface area contributed by atoms with Crippen molar-refractivity contribution in [3.8, 4) is 5.75 Å². The van der Waals surface area contributed by atoms with Crippen LogP contribution in [0.4, 0.5) is 5.69 Å².